The zero-order valence-corrected chi connectivity index (χ0v) is 6.62. The molecule has 14 heavy (non-hydrogen) atoms. The van der Waals surface area contributed by atoms with Gasteiger partial charge in [0.15, 0.2) is 6.23 Å². The molecule has 1 rings (SSSR count). The number of rotatable bonds is 1. The van der Waals surface area contributed by atoms with Gasteiger partial charge in [0.1, 0.15) is 0 Å². The summed E-state index contributed by atoms with van der Waals surface area (Å²) >= 11 is 0. The maximum Gasteiger partial charge on any atom is 0.417 e. The fourth-order valence-corrected chi connectivity index (χ4v) is 0.881. The van der Waals surface area contributed by atoms with Gasteiger partial charge < -0.3 is 20.9 Å². The van der Waals surface area contributed by atoms with Crippen LogP contribution in [0.1, 0.15) is 0 Å². The van der Waals surface area contributed by atoms with E-state index in [4.69, 9.17) is 10.3 Å². The number of dihydropyridines is 1. The highest BCUT2D eigenvalue weighted by molar-refractivity contribution is 5.30. The number of hydrogen-bond acceptors (Lipinski definition) is 5. The number of aliphatic hydroxyl groups excluding tert-OH is 1. The predicted octanol–water partition coefficient (Wildman–Crippen LogP) is 0.427. The van der Waals surface area contributed by atoms with Crippen LogP contribution in [0.2, 0.25) is 0 Å². The molecule has 0 aromatic carbocycles. The van der Waals surface area contributed by atoms with Crippen molar-refractivity contribution in [3.8, 4) is 0 Å². The monoisotopic (exact) mass is 211 g/mol. The first-order chi connectivity index (χ1) is 6.32. The Morgan fingerprint density at radius 1 is 1.50 bits per heavy atom. The van der Waals surface area contributed by atoms with Crippen LogP contribution in [0.25, 0.3) is 0 Å². The summed E-state index contributed by atoms with van der Waals surface area (Å²) in [6, 6.07) is 0. The molecule has 0 aliphatic carbocycles. The molecule has 1 aliphatic heterocycles. The first-order valence-corrected chi connectivity index (χ1v) is 3.41. The van der Waals surface area contributed by atoms with E-state index in [1.165, 1.54) is 0 Å². The van der Waals surface area contributed by atoms with Gasteiger partial charge in [-0.15, -0.1) is 0 Å². The molecule has 0 bridgehead atoms. The van der Waals surface area contributed by atoms with Crippen LogP contribution in [0, 0.1) is 5.21 Å². The molecule has 0 spiro atoms. The van der Waals surface area contributed by atoms with Gasteiger partial charge in [0.2, 0.25) is 0 Å². The molecule has 0 amide bonds. The molecule has 8 heteroatoms. The standard InChI is InChI=1S/C6H6F3N2O3/c7-6(8,9)4-1-3(11(13)14)2-10-5(4)12/h1-2,5,10,12-13H/q-1. The Morgan fingerprint density at radius 3 is 2.50 bits per heavy atom. The molecule has 0 saturated heterocycles. The molecule has 5 nitrogen and oxygen atoms in total. The smallest absolute Gasteiger partial charge is 0.417 e. The Morgan fingerprint density at radius 2 is 2.07 bits per heavy atom. The van der Waals surface area contributed by atoms with Crippen molar-refractivity contribution in [2.75, 3.05) is 0 Å². The highest BCUT2D eigenvalue weighted by Crippen LogP contribution is 2.30. The summed E-state index contributed by atoms with van der Waals surface area (Å²) in [6.45, 7) is 0. The third-order valence-electron chi connectivity index (χ3n) is 1.54. The van der Waals surface area contributed by atoms with Crippen LogP contribution in [0.15, 0.2) is 23.5 Å². The molecular weight excluding hydrogens is 205 g/mol. The molecular formula is C6H6F3N2O3-. The highest BCUT2D eigenvalue weighted by Gasteiger charge is 2.39. The Labute approximate surface area is 76.3 Å². The molecule has 0 radical (unpaired) electrons. The summed E-state index contributed by atoms with van der Waals surface area (Å²) in [7, 11) is 0. The van der Waals surface area contributed by atoms with Crippen LogP contribution < -0.4 is 5.32 Å². The minimum absolute atomic E-state index is 0.355. The lowest BCUT2D eigenvalue weighted by Crippen LogP contribution is -2.37. The maximum atomic E-state index is 12.1. The average molecular weight is 211 g/mol. The Hall–Kier alpha value is -1.25. The lowest BCUT2D eigenvalue weighted by Gasteiger charge is -2.29. The van der Waals surface area contributed by atoms with Crippen molar-refractivity contribution in [2.24, 2.45) is 0 Å². The van der Waals surface area contributed by atoms with E-state index in [-0.39, 0.29) is 0 Å². The third-order valence-corrected chi connectivity index (χ3v) is 1.54. The number of hydroxylamine groups is 2. The fourth-order valence-electron chi connectivity index (χ4n) is 0.881. The van der Waals surface area contributed by atoms with Crippen LogP contribution in [0.4, 0.5) is 13.2 Å². The average Bonchev–Trinajstić information content (AvgIpc) is 2.02. The number of nitrogens with one attached hydrogen (secondary N) is 1. The van der Waals surface area contributed by atoms with Crippen molar-refractivity contribution in [2.45, 2.75) is 12.4 Å². The molecule has 0 aromatic heterocycles. The van der Waals surface area contributed by atoms with E-state index in [0.29, 0.717) is 6.08 Å². The number of allylic oxidation sites excluding steroid dienone is 1. The second-order valence-electron chi connectivity index (χ2n) is 2.51. The van der Waals surface area contributed by atoms with Gasteiger partial charge in [-0.2, -0.15) is 13.2 Å². The van der Waals surface area contributed by atoms with Crippen molar-refractivity contribution in [1.82, 2.24) is 10.5 Å². The van der Waals surface area contributed by atoms with Crippen molar-refractivity contribution < 1.29 is 23.5 Å². The third kappa shape index (κ3) is 2.16. The molecule has 3 N–H and O–H groups in total. The Balaban J connectivity index is 2.97. The van der Waals surface area contributed by atoms with Crippen LogP contribution in [0.3, 0.4) is 0 Å². The van der Waals surface area contributed by atoms with Crippen molar-refractivity contribution in [1.29, 1.82) is 0 Å². The summed E-state index contributed by atoms with van der Waals surface area (Å²) in [5.74, 6) is 0. The first kappa shape index (κ1) is 10.8. The molecule has 1 unspecified atom stereocenters. The minimum atomic E-state index is -4.76. The van der Waals surface area contributed by atoms with Crippen LogP contribution in [-0.4, -0.2) is 27.9 Å². The summed E-state index contributed by atoms with van der Waals surface area (Å²) in [5.41, 5.74) is -1.98. The van der Waals surface area contributed by atoms with E-state index in [1.807, 2.05) is 5.32 Å². The lowest BCUT2D eigenvalue weighted by molar-refractivity contribution is -0.108. The zero-order valence-electron chi connectivity index (χ0n) is 6.62. The molecule has 1 aliphatic rings. The van der Waals surface area contributed by atoms with Gasteiger partial charge in [0.25, 0.3) is 0 Å². The van der Waals surface area contributed by atoms with Gasteiger partial charge in [-0.1, -0.05) is 0 Å². The van der Waals surface area contributed by atoms with Gasteiger partial charge in [-0.05, 0) is 6.08 Å². The van der Waals surface area contributed by atoms with E-state index in [2.05, 4.69) is 0 Å². The SMILES string of the molecule is [O-]N(O)C1=CNC(O)C(C(F)(F)F)=C1. The number of alkyl halides is 3. The number of nitrogens with zero attached hydrogens (tertiary/aromatic N) is 1. The Kier molecular flexibility index (Phi) is 2.69. The molecule has 0 aromatic rings. The summed E-state index contributed by atoms with van der Waals surface area (Å²) in [6.07, 6.45) is -5.57. The lowest BCUT2D eigenvalue weighted by atomic mass is 10.1. The van der Waals surface area contributed by atoms with Gasteiger partial charge in [0, 0.05) is 6.20 Å². The summed E-state index contributed by atoms with van der Waals surface area (Å²) in [5, 5.41) is 28.6. The van der Waals surface area contributed by atoms with E-state index in [1.54, 1.807) is 0 Å². The number of hydrogen-bond donors (Lipinski definition) is 3. The number of halogens is 3. The van der Waals surface area contributed by atoms with Gasteiger partial charge in [-0.3, -0.25) is 5.21 Å². The van der Waals surface area contributed by atoms with Gasteiger partial charge in [0.05, 0.1) is 11.3 Å². The summed E-state index contributed by atoms with van der Waals surface area (Å²) in [4.78, 5) is 0. The Bertz CT molecular complexity index is 285. The first-order valence-electron chi connectivity index (χ1n) is 3.41. The normalized spacial score (nSPS) is 22.3. The summed E-state index contributed by atoms with van der Waals surface area (Å²) < 4.78 is 36.4. The van der Waals surface area contributed by atoms with E-state index >= 15 is 0 Å². The fraction of sp³-hybridized carbons (Fsp3) is 0.333. The predicted molar refractivity (Wildman–Crippen MR) is 38.4 cm³/mol. The molecule has 0 saturated carbocycles. The van der Waals surface area contributed by atoms with Crippen molar-refractivity contribution in [3.05, 3.63) is 28.8 Å². The van der Waals surface area contributed by atoms with Crippen LogP contribution >= 0.6 is 0 Å². The topological polar surface area (TPSA) is 78.8 Å². The van der Waals surface area contributed by atoms with Crippen molar-refractivity contribution >= 4 is 0 Å². The van der Waals surface area contributed by atoms with E-state index < -0.39 is 28.9 Å². The minimum Gasteiger partial charge on any atom is -0.733 e. The highest BCUT2D eigenvalue weighted by atomic mass is 19.4. The second kappa shape index (κ2) is 3.48. The molecule has 1 atom stereocenters. The van der Waals surface area contributed by atoms with Crippen LogP contribution in [-0.2, 0) is 0 Å². The van der Waals surface area contributed by atoms with E-state index in [9.17, 15) is 18.4 Å². The number of aliphatic hydroxyl groups is 1. The van der Waals surface area contributed by atoms with Crippen molar-refractivity contribution in [3.63, 3.8) is 0 Å². The maximum absolute atomic E-state index is 12.1. The largest absolute Gasteiger partial charge is 0.733 e. The molecule has 0 fully saturated rings. The quantitative estimate of drug-likeness (QED) is 0.548. The van der Waals surface area contributed by atoms with E-state index in [0.717, 1.165) is 6.20 Å². The molecule has 80 valence electrons. The van der Waals surface area contributed by atoms with Gasteiger partial charge in [-0.25, -0.2) is 0 Å². The van der Waals surface area contributed by atoms with Gasteiger partial charge >= 0.3 is 6.18 Å². The van der Waals surface area contributed by atoms with Crippen LogP contribution in [0.5, 0.6) is 0 Å². The molecule has 1 heterocycles. The zero-order chi connectivity index (χ0) is 10.9. The second-order valence-corrected chi connectivity index (χ2v) is 2.51.